The first-order valence-corrected chi connectivity index (χ1v) is 8.12. The van der Waals surface area contributed by atoms with Gasteiger partial charge in [0.1, 0.15) is 5.82 Å². The van der Waals surface area contributed by atoms with Crippen molar-refractivity contribution in [2.45, 2.75) is 20.3 Å². The van der Waals surface area contributed by atoms with Crippen molar-refractivity contribution in [3.63, 3.8) is 0 Å². The van der Waals surface area contributed by atoms with Crippen LogP contribution in [0, 0.1) is 19.8 Å². The number of benzene rings is 1. The molecule has 1 aromatic carbocycles. The van der Waals surface area contributed by atoms with Crippen molar-refractivity contribution in [2.75, 3.05) is 16.8 Å². The van der Waals surface area contributed by atoms with Gasteiger partial charge in [-0.05, 0) is 49.2 Å². The van der Waals surface area contributed by atoms with Crippen LogP contribution in [-0.2, 0) is 9.59 Å². The fraction of sp³-hybridized carbons (Fsp3) is 0.278. The minimum Gasteiger partial charge on any atom is -0.312 e. The number of carbonyl (C=O) groups excluding carboxylic acids is 2. The van der Waals surface area contributed by atoms with Gasteiger partial charge >= 0.3 is 0 Å². The Morgan fingerprint density at radius 3 is 2.71 bits per heavy atom. The molecule has 1 N–H and O–H groups in total. The Labute approximate surface area is 145 Å². The molecule has 1 saturated heterocycles. The molecule has 0 bridgehead atoms. The van der Waals surface area contributed by atoms with E-state index >= 15 is 0 Å². The number of amides is 2. The number of carbonyl (C=O) groups is 2. The van der Waals surface area contributed by atoms with Crippen LogP contribution in [0.4, 0.5) is 11.5 Å². The van der Waals surface area contributed by atoms with Gasteiger partial charge in [0.15, 0.2) is 0 Å². The molecule has 1 fully saturated rings. The van der Waals surface area contributed by atoms with Gasteiger partial charge in [-0.15, -0.1) is 0 Å². The van der Waals surface area contributed by atoms with Gasteiger partial charge in [-0.1, -0.05) is 17.7 Å². The van der Waals surface area contributed by atoms with Gasteiger partial charge in [-0.25, -0.2) is 4.98 Å². The molecule has 3 rings (SSSR count). The van der Waals surface area contributed by atoms with Crippen LogP contribution < -0.4 is 10.2 Å². The van der Waals surface area contributed by atoms with Gasteiger partial charge in [0.25, 0.3) is 0 Å². The van der Waals surface area contributed by atoms with Crippen LogP contribution in [0.5, 0.6) is 0 Å². The highest BCUT2D eigenvalue weighted by Gasteiger charge is 2.35. The highest BCUT2D eigenvalue weighted by Crippen LogP contribution is 2.27. The molecule has 1 atom stereocenters. The number of hydrogen-bond donors (Lipinski definition) is 1. The summed E-state index contributed by atoms with van der Waals surface area (Å²) in [7, 11) is 0. The molecular formula is C18H18ClN3O2. The van der Waals surface area contributed by atoms with Crippen molar-refractivity contribution in [1.29, 1.82) is 0 Å². The molecule has 5 nitrogen and oxygen atoms in total. The molecule has 1 aromatic heterocycles. The third kappa shape index (κ3) is 3.41. The average molecular weight is 344 g/mol. The quantitative estimate of drug-likeness (QED) is 0.929. The maximum Gasteiger partial charge on any atom is 0.230 e. The SMILES string of the molecule is Cc1ccc(N2CC(C(=O)Nc3ccc(Cl)cn3)CC2=O)cc1C. The summed E-state index contributed by atoms with van der Waals surface area (Å²) >= 11 is 5.78. The Morgan fingerprint density at radius 2 is 2.04 bits per heavy atom. The Balaban J connectivity index is 1.70. The summed E-state index contributed by atoms with van der Waals surface area (Å²) in [5, 5.41) is 3.24. The van der Waals surface area contributed by atoms with Crippen LogP contribution in [-0.4, -0.2) is 23.3 Å². The van der Waals surface area contributed by atoms with Crippen molar-refractivity contribution in [1.82, 2.24) is 4.98 Å². The van der Waals surface area contributed by atoms with Crippen LogP contribution in [0.1, 0.15) is 17.5 Å². The summed E-state index contributed by atoms with van der Waals surface area (Å²) in [6.45, 7) is 4.41. The lowest BCUT2D eigenvalue weighted by molar-refractivity contribution is -0.122. The Morgan fingerprint density at radius 1 is 1.25 bits per heavy atom. The van der Waals surface area contributed by atoms with Crippen LogP contribution in [0.2, 0.25) is 5.02 Å². The molecule has 0 saturated carbocycles. The topological polar surface area (TPSA) is 62.3 Å². The average Bonchev–Trinajstić information content (AvgIpc) is 2.94. The largest absolute Gasteiger partial charge is 0.312 e. The summed E-state index contributed by atoms with van der Waals surface area (Å²) in [5.41, 5.74) is 3.13. The van der Waals surface area contributed by atoms with E-state index in [1.165, 1.54) is 11.8 Å². The number of halogens is 1. The summed E-state index contributed by atoms with van der Waals surface area (Å²) in [6.07, 6.45) is 1.67. The normalized spacial score (nSPS) is 17.2. The molecule has 24 heavy (non-hydrogen) atoms. The molecule has 0 aliphatic carbocycles. The number of nitrogens with zero attached hydrogens (tertiary/aromatic N) is 2. The maximum atomic E-state index is 12.4. The molecule has 124 valence electrons. The number of anilines is 2. The molecule has 2 amide bonds. The second kappa shape index (κ2) is 6.61. The number of aryl methyl sites for hydroxylation is 2. The Kier molecular flexibility index (Phi) is 4.53. The summed E-state index contributed by atoms with van der Waals surface area (Å²) in [5.74, 6) is -0.204. The van der Waals surface area contributed by atoms with E-state index in [2.05, 4.69) is 10.3 Å². The lowest BCUT2D eigenvalue weighted by atomic mass is 10.1. The fourth-order valence-corrected chi connectivity index (χ4v) is 2.82. The summed E-state index contributed by atoms with van der Waals surface area (Å²) in [4.78, 5) is 30.4. The minimum atomic E-state index is -0.392. The zero-order chi connectivity index (χ0) is 17.3. The molecule has 1 unspecified atom stereocenters. The molecule has 2 aromatic rings. The number of pyridine rings is 1. The van der Waals surface area contributed by atoms with Gasteiger partial charge < -0.3 is 10.2 Å². The first kappa shape index (κ1) is 16.5. The first-order chi connectivity index (χ1) is 11.4. The van der Waals surface area contributed by atoms with Crippen molar-refractivity contribution in [3.05, 3.63) is 52.7 Å². The van der Waals surface area contributed by atoms with Gasteiger partial charge in [0, 0.05) is 24.8 Å². The Hall–Kier alpha value is -2.40. The lowest BCUT2D eigenvalue weighted by Gasteiger charge is -2.18. The zero-order valence-electron chi connectivity index (χ0n) is 13.5. The molecule has 2 heterocycles. The highest BCUT2D eigenvalue weighted by atomic mass is 35.5. The van der Waals surface area contributed by atoms with Crippen LogP contribution >= 0.6 is 11.6 Å². The van der Waals surface area contributed by atoms with E-state index in [1.807, 2.05) is 32.0 Å². The summed E-state index contributed by atoms with van der Waals surface area (Å²) < 4.78 is 0. The highest BCUT2D eigenvalue weighted by molar-refractivity contribution is 6.30. The van der Waals surface area contributed by atoms with Gasteiger partial charge in [-0.2, -0.15) is 0 Å². The third-order valence-electron chi connectivity index (χ3n) is 4.28. The van der Waals surface area contributed by atoms with Crippen molar-refractivity contribution < 1.29 is 9.59 Å². The van der Waals surface area contributed by atoms with E-state index < -0.39 is 5.92 Å². The van der Waals surface area contributed by atoms with Crippen LogP contribution in [0.3, 0.4) is 0 Å². The number of nitrogens with one attached hydrogen (secondary N) is 1. The number of rotatable bonds is 3. The lowest BCUT2D eigenvalue weighted by Crippen LogP contribution is -2.28. The number of aromatic nitrogens is 1. The maximum absolute atomic E-state index is 12.4. The van der Waals surface area contributed by atoms with Gasteiger partial charge in [-0.3, -0.25) is 9.59 Å². The molecule has 0 radical (unpaired) electrons. The predicted octanol–water partition coefficient (Wildman–Crippen LogP) is 3.34. The van der Waals surface area contributed by atoms with Gasteiger partial charge in [0.2, 0.25) is 11.8 Å². The van der Waals surface area contributed by atoms with Crippen molar-refractivity contribution in [3.8, 4) is 0 Å². The van der Waals surface area contributed by atoms with E-state index in [4.69, 9.17) is 11.6 Å². The molecule has 1 aliphatic rings. The van der Waals surface area contributed by atoms with Crippen LogP contribution in [0.25, 0.3) is 0 Å². The van der Waals surface area contributed by atoms with Crippen LogP contribution in [0.15, 0.2) is 36.5 Å². The second-order valence-corrected chi connectivity index (χ2v) is 6.46. The van der Waals surface area contributed by atoms with Crippen molar-refractivity contribution in [2.24, 2.45) is 5.92 Å². The molecule has 1 aliphatic heterocycles. The van der Waals surface area contributed by atoms with E-state index in [0.29, 0.717) is 17.4 Å². The zero-order valence-corrected chi connectivity index (χ0v) is 14.3. The fourth-order valence-electron chi connectivity index (χ4n) is 2.70. The predicted molar refractivity (Wildman–Crippen MR) is 94.3 cm³/mol. The van der Waals surface area contributed by atoms with Gasteiger partial charge in [0.05, 0.1) is 10.9 Å². The van der Waals surface area contributed by atoms with Crippen molar-refractivity contribution >= 4 is 34.9 Å². The second-order valence-electron chi connectivity index (χ2n) is 6.02. The minimum absolute atomic E-state index is 0.0394. The first-order valence-electron chi connectivity index (χ1n) is 7.74. The van der Waals surface area contributed by atoms with E-state index in [0.717, 1.165) is 11.3 Å². The summed E-state index contributed by atoms with van der Waals surface area (Å²) in [6, 6.07) is 9.18. The van der Waals surface area contributed by atoms with E-state index in [9.17, 15) is 9.59 Å². The van der Waals surface area contributed by atoms with E-state index in [-0.39, 0.29) is 18.2 Å². The molecule has 6 heteroatoms. The van der Waals surface area contributed by atoms with E-state index in [1.54, 1.807) is 17.0 Å². The number of hydrogen-bond acceptors (Lipinski definition) is 3. The Bertz CT molecular complexity index is 789. The third-order valence-corrected chi connectivity index (χ3v) is 4.50. The molecule has 0 spiro atoms. The monoisotopic (exact) mass is 343 g/mol. The standard InChI is InChI=1S/C18H18ClN3O2/c1-11-3-5-15(7-12(11)2)22-10-13(8-17(22)23)18(24)21-16-6-4-14(19)9-20-16/h3-7,9,13H,8,10H2,1-2H3,(H,20,21,24). The molecular weight excluding hydrogens is 326 g/mol. The smallest absolute Gasteiger partial charge is 0.230 e.